The summed E-state index contributed by atoms with van der Waals surface area (Å²) in [6.45, 7) is 4.56. The topological polar surface area (TPSA) is 112 Å². The highest BCUT2D eigenvalue weighted by atomic mass is 127. The Morgan fingerprint density at radius 3 is 2.76 bits per heavy atom. The van der Waals surface area contributed by atoms with E-state index in [9.17, 15) is 13.6 Å². The van der Waals surface area contributed by atoms with E-state index in [4.69, 9.17) is 4.52 Å². The summed E-state index contributed by atoms with van der Waals surface area (Å²) in [5, 5.41) is 10.1. The highest BCUT2D eigenvalue weighted by molar-refractivity contribution is 14.1. The lowest BCUT2D eigenvalue weighted by atomic mass is 10.1. The Hall–Kier alpha value is -2.61. The minimum atomic E-state index is -0.644. The number of amides is 1. The van der Waals surface area contributed by atoms with Crippen LogP contribution in [-0.2, 0) is 17.3 Å². The molecule has 200 valence electrons. The second-order valence-electron chi connectivity index (χ2n) is 9.10. The molecule has 1 aromatic carbocycles. The summed E-state index contributed by atoms with van der Waals surface area (Å²) in [7, 11) is 0. The Balaban J connectivity index is 1.20. The van der Waals surface area contributed by atoms with Crippen LogP contribution in [0.1, 0.15) is 65.7 Å². The Morgan fingerprint density at radius 2 is 1.97 bits per heavy atom. The van der Waals surface area contributed by atoms with Crippen molar-refractivity contribution in [2.45, 2.75) is 49.4 Å². The second-order valence-corrected chi connectivity index (χ2v) is 9.86. The van der Waals surface area contributed by atoms with E-state index in [0.29, 0.717) is 52.6 Å². The minimum absolute atomic E-state index is 0.110. The van der Waals surface area contributed by atoms with Gasteiger partial charge in [-0.3, -0.25) is 4.79 Å². The van der Waals surface area contributed by atoms with Crippen LogP contribution in [0.5, 0.6) is 0 Å². The third-order valence-electron chi connectivity index (χ3n) is 6.23. The number of anilines is 1. The standard InChI is InChI=1S/C25H32F2IN7O2/c26-18-8-7-17(19(27)15-18)14-20-31-22(37-34-20)6-4-9-30-25(36)23-24(33-21(16-28)32-23)29-10-5-13-35-11-2-1-3-12-35/h7-8,15,29H,1-6,9-14,16H2,(H,30,36)(H,32,33). The molecular weight excluding hydrogens is 595 g/mol. The van der Waals surface area contributed by atoms with Crippen LogP contribution in [0, 0.1) is 11.6 Å². The van der Waals surface area contributed by atoms with Crippen LogP contribution in [0.3, 0.4) is 0 Å². The number of rotatable bonds is 13. The zero-order valence-electron chi connectivity index (χ0n) is 20.7. The number of aryl methyl sites for hydroxylation is 1. The number of aromatic amines is 1. The van der Waals surface area contributed by atoms with Gasteiger partial charge in [-0.15, -0.1) is 0 Å². The maximum atomic E-state index is 13.8. The van der Waals surface area contributed by atoms with E-state index in [2.05, 4.69) is 58.2 Å². The van der Waals surface area contributed by atoms with Crippen LogP contribution in [0.15, 0.2) is 22.7 Å². The molecule has 37 heavy (non-hydrogen) atoms. The van der Waals surface area contributed by atoms with Gasteiger partial charge >= 0.3 is 0 Å². The molecule has 1 aliphatic rings. The van der Waals surface area contributed by atoms with Crippen molar-refractivity contribution < 1.29 is 18.1 Å². The van der Waals surface area contributed by atoms with Crippen molar-refractivity contribution >= 4 is 34.3 Å². The first-order chi connectivity index (χ1) is 18.0. The minimum Gasteiger partial charge on any atom is -0.368 e. The number of nitrogens with zero attached hydrogens (tertiary/aromatic N) is 4. The lowest BCUT2D eigenvalue weighted by Gasteiger charge is -2.26. The van der Waals surface area contributed by atoms with Crippen molar-refractivity contribution in [2.75, 3.05) is 38.0 Å². The summed E-state index contributed by atoms with van der Waals surface area (Å²) in [5.41, 5.74) is 0.730. The van der Waals surface area contributed by atoms with Crippen molar-refractivity contribution in [1.29, 1.82) is 0 Å². The number of alkyl halides is 1. The Morgan fingerprint density at radius 1 is 1.14 bits per heavy atom. The highest BCUT2D eigenvalue weighted by Gasteiger charge is 2.17. The molecule has 1 saturated heterocycles. The van der Waals surface area contributed by atoms with E-state index in [1.54, 1.807) is 0 Å². The number of halogens is 3. The van der Waals surface area contributed by atoms with E-state index in [1.807, 2.05) is 0 Å². The molecule has 0 unspecified atom stereocenters. The molecule has 1 fully saturated rings. The average molecular weight is 627 g/mol. The van der Waals surface area contributed by atoms with Gasteiger partial charge in [0.1, 0.15) is 23.2 Å². The lowest BCUT2D eigenvalue weighted by molar-refractivity contribution is 0.0949. The van der Waals surface area contributed by atoms with Crippen molar-refractivity contribution in [1.82, 2.24) is 30.3 Å². The van der Waals surface area contributed by atoms with Gasteiger partial charge < -0.3 is 25.0 Å². The number of benzene rings is 1. The van der Waals surface area contributed by atoms with Gasteiger partial charge in [0.25, 0.3) is 5.91 Å². The second kappa shape index (κ2) is 13.8. The number of likely N-dealkylation sites (tertiary alicyclic amines) is 1. The van der Waals surface area contributed by atoms with Gasteiger partial charge in [-0.05, 0) is 56.9 Å². The third-order valence-corrected chi connectivity index (χ3v) is 6.95. The van der Waals surface area contributed by atoms with Crippen LogP contribution in [-0.4, -0.2) is 63.6 Å². The Bertz CT molecular complexity index is 1160. The molecular formula is C25H32F2IN7O2. The lowest BCUT2D eigenvalue weighted by Crippen LogP contribution is -2.31. The summed E-state index contributed by atoms with van der Waals surface area (Å²) in [6, 6.07) is 3.40. The number of imidazole rings is 1. The van der Waals surface area contributed by atoms with Gasteiger partial charge in [0.05, 0.1) is 4.43 Å². The molecule has 1 amide bonds. The molecule has 2 aromatic heterocycles. The molecule has 0 radical (unpaired) electrons. The van der Waals surface area contributed by atoms with Gasteiger partial charge in [0.15, 0.2) is 11.6 Å². The summed E-state index contributed by atoms with van der Waals surface area (Å²) < 4.78 is 32.8. The maximum Gasteiger partial charge on any atom is 0.271 e. The number of aromatic nitrogens is 4. The van der Waals surface area contributed by atoms with E-state index >= 15 is 0 Å². The average Bonchev–Trinajstić information content (AvgIpc) is 3.53. The molecule has 3 aromatic rings. The number of hydrogen-bond donors (Lipinski definition) is 3. The largest absolute Gasteiger partial charge is 0.368 e. The number of hydrogen-bond acceptors (Lipinski definition) is 7. The molecule has 0 bridgehead atoms. The molecule has 3 N–H and O–H groups in total. The quantitative estimate of drug-likeness (QED) is 0.148. The normalized spacial score (nSPS) is 14.1. The van der Waals surface area contributed by atoms with Gasteiger partial charge in [0, 0.05) is 32.0 Å². The molecule has 0 aliphatic carbocycles. The molecule has 3 heterocycles. The monoisotopic (exact) mass is 627 g/mol. The fourth-order valence-corrected chi connectivity index (χ4v) is 4.66. The summed E-state index contributed by atoms with van der Waals surface area (Å²) in [4.78, 5) is 27.2. The molecule has 1 aliphatic heterocycles. The van der Waals surface area contributed by atoms with E-state index in [0.717, 1.165) is 31.4 Å². The van der Waals surface area contributed by atoms with Crippen LogP contribution in [0.25, 0.3) is 0 Å². The van der Waals surface area contributed by atoms with Crippen molar-refractivity contribution in [2.24, 2.45) is 0 Å². The van der Waals surface area contributed by atoms with Crippen LogP contribution < -0.4 is 10.6 Å². The summed E-state index contributed by atoms with van der Waals surface area (Å²) >= 11 is 2.21. The van der Waals surface area contributed by atoms with Gasteiger partial charge in [-0.25, -0.2) is 13.8 Å². The third kappa shape index (κ3) is 8.19. The highest BCUT2D eigenvalue weighted by Crippen LogP contribution is 2.16. The molecule has 9 nitrogen and oxygen atoms in total. The van der Waals surface area contributed by atoms with Gasteiger partial charge in [0.2, 0.25) is 5.89 Å². The van der Waals surface area contributed by atoms with Gasteiger partial charge in [-0.1, -0.05) is 40.2 Å². The van der Waals surface area contributed by atoms with Crippen LogP contribution in [0.4, 0.5) is 14.6 Å². The van der Waals surface area contributed by atoms with Crippen molar-refractivity contribution in [3.05, 3.63) is 58.6 Å². The number of nitrogens with one attached hydrogen (secondary N) is 3. The number of H-pyrrole nitrogens is 1. The SMILES string of the molecule is O=C(NCCCc1nc(Cc2ccc(F)cc2F)no1)c1[nH]c(CI)nc1NCCCN1CCCCC1. The zero-order chi connectivity index (χ0) is 26.0. The number of carbonyl (C=O) groups excluding carboxylic acids is 1. The van der Waals surface area contributed by atoms with E-state index < -0.39 is 11.6 Å². The first-order valence-electron chi connectivity index (χ1n) is 12.7. The van der Waals surface area contributed by atoms with Crippen molar-refractivity contribution in [3.63, 3.8) is 0 Å². The summed E-state index contributed by atoms with van der Waals surface area (Å²) in [5.74, 6) is 0.557. The van der Waals surface area contributed by atoms with Crippen LogP contribution in [0.2, 0.25) is 0 Å². The van der Waals surface area contributed by atoms with E-state index in [1.165, 1.54) is 44.5 Å². The smallest absolute Gasteiger partial charge is 0.271 e. The molecule has 12 heteroatoms. The van der Waals surface area contributed by atoms with Crippen LogP contribution >= 0.6 is 22.6 Å². The Kier molecular flexibility index (Phi) is 10.2. The predicted octanol–water partition coefficient (Wildman–Crippen LogP) is 4.25. The molecule has 0 spiro atoms. The fraction of sp³-hybridized carbons (Fsp3) is 0.520. The number of carbonyl (C=O) groups is 1. The predicted molar refractivity (Wildman–Crippen MR) is 144 cm³/mol. The van der Waals surface area contributed by atoms with Crippen molar-refractivity contribution in [3.8, 4) is 0 Å². The molecule has 0 atom stereocenters. The Labute approximate surface area is 228 Å². The first-order valence-corrected chi connectivity index (χ1v) is 14.2. The number of piperidine rings is 1. The zero-order valence-corrected chi connectivity index (χ0v) is 22.8. The first kappa shape index (κ1) is 27.4. The fourth-order valence-electron chi connectivity index (χ4n) is 4.30. The maximum absolute atomic E-state index is 13.8. The van der Waals surface area contributed by atoms with E-state index in [-0.39, 0.29) is 12.3 Å². The molecule has 0 saturated carbocycles. The summed E-state index contributed by atoms with van der Waals surface area (Å²) in [6.07, 6.45) is 6.04. The van der Waals surface area contributed by atoms with Gasteiger partial charge in [-0.2, -0.15) is 4.98 Å². The molecule has 4 rings (SSSR count).